The molecule has 0 saturated heterocycles. The maximum absolute atomic E-state index is 4.45. The van der Waals surface area contributed by atoms with Gasteiger partial charge in [0.25, 0.3) is 0 Å². The zero-order chi connectivity index (χ0) is 9.38. The number of hydrogen-bond acceptors (Lipinski definition) is 3. The van der Waals surface area contributed by atoms with Gasteiger partial charge in [0.1, 0.15) is 0 Å². The molecule has 0 fully saturated rings. The first-order chi connectivity index (χ1) is 6.93. The van der Waals surface area contributed by atoms with E-state index < -0.39 is 0 Å². The average Bonchev–Trinajstić information content (AvgIpc) is 2.26. The lowest BCUT2D eigenvalue weighted by molar-refractivity contribution is 0.552. The largest absolute Gasteiger partial charge is 0.231 e. The number of rotatable bonds is 0. The monoisotopic (exact) mass is 181 g/mol. The predicted molar refractivity (Wildman–Crippen MR) is 55.4 cm³/mol. The first kappa shape index (κ1) is 7.50. The first-order valence-electron chi connectivity index (χ1n) is 4.39. The van der Waals surface area contributed by atoms with Crippen LogP contribution >= 0.6 is 0 Å². The van der Waals surface area contributed by atoms with Crippen LogP contribution in [0.3, 0.4) is 0 Å². The number of hydrogen-bond donors (Lipinski definition) is 0. The summed E-state index contributed by atoms with van der Waals surface area (Å²) < 4.78 is 0. The Morgan fingerprint density at radius 3 is 3.14 bits per heavy atom. The lowest BCUT2D eigenvalue weighted by atomic mass is 10.1. The number of para-hydroxylation sites is 1. The van der Waals surface area contributed by atoms with Crippen LogP contribution in [0, 0.1) is 6.54 Å². The number of amidine groups is 1. The molecule has 2 heterocycles. The molecule has 0 amide bonds. The van der Waals surface area contributed by atoms with E-state index >= 15 is 0 Å². The fourth-order valence-corrected chi connectivity index (χ4v) is 1.44. The summed E-state index contributed by atoms with van der Waals surface area (Å²) in [7, 11) is 0. The highest BCUT2D eigenvalue weighted by Crippen LogP contribution is 2.27. The quantitative estimate of drug-likeness (QED) is 0.601. The van der Waals surface area contributed by atoms with Gasteiger partial charge in [-0.05, 0) is 18.2 Å². The van der Waals surface area contributed by atoms with Crippen LogP contribution in [-0.2, 0) is 0 Å². The van der Waals surface area contributed by atoms with Crippen LogP contribution in [0.15, 0.2) is 46.5 Å². The van der Waals surface area contributed by atoms with E-state index in [1.165, 1.54) is 0 Å². The highest BCUT2D eigenvalue weighted by Gasteiger charge is 2.19. The Balaban J connectivity index is 2.13. The smallest absolute Gasteiger partial charge is 0.157 e. The Hall–Kier alpha value is -1.90. The van der Waals surface area contributed by atoms with E-state index in [2.05, 4.69) is 16.6 Å². The molecule has 0 bridgehead atoms. The molecule has 2 aliphatic heterocycles. The van der Waals surface area contributed by atoms with E-state index in [-0.39, 0.29) is 0 Å². The van der Waals surface area contributed by atoms with Gasteiger partial charge in [0.05, 0.1) is 5.69 Å². The number of allylic oxidation sites excluding steroid dienone is 1. The maximum Gasteiger partial charge on any atom is 0.157 e. The molecule has 0 unspecified atom stereocenters. The average molecular weight is 181 g/mol. The van der Waals surface area contributed by atoms with E-state index in [1.807, 2.05) is 36.4 Å². The van der Waals surface area contributed by atoms with E-state index in [0.717, 1.165) is 17.1 Å². The Bertz CT molecular complexity index is 457. The van der Waals surface area contributed by atoms with E-state index in [4.69, 9.17) is 0 Å². The third-order valence-electron chi connectivity index (χ3n) is 2.10. The molecule has 0 aromatic heterocycles. The molecule has 0 aliphatic carbocycles. The van der Waals surface area contributed by atoms with Crippen LogP contribution in [0.2, 0.25) is 0 Å². The molecule has 14 heavy (non-hydrogen) atoms. The van der Waals surface area contributed by atoms with E-state index in [0.29, 0.717) is 0 Å². The molecule has 1 aromatic rings. The van der Waals surface area contributed by atoms with Crippen molar-refractivity contribution in [2.24, 2.45) is 10.1 Å². The van der Waals surface area contributed by atoms with Gasteiger partial charge >= 0.3 is 0 Å². The zero-order valence-electron chi connectivity index (χ0n) is 7.38. The predicted octanol–water partition coefficient (Wildman–Crippen LogP) is 1.97. The van der Waals surface area contributed by atoms with Gasteiger partial charge < -0.3 is 0 Å². The second kappa shape index (κ2) is 2.80. The van der Waals surface area contributed by atoms with Crippen molar-refractivity contribution in [3.63, 3.8) is 0 Å². The lowest BCUT2D eigenvalue weighted by Crippen LogP contribution is -2.26. The van der Waals surface area contributed by atoms with Gasteiger partial charge in [0.2, 0.25) is 0 Å². The highest BCUT2D eigenvalue weighted by molar-refractivity contribution is 6.01. The van der Waals surface area contributed by atoms with E-state index in [1.54, 1.807) is 11.2 Å². The fourth-order valence-electron chi connectivity index (χ4n) is 1.44. The number of hydrazone groups is 1. The minimum Gasteiger partial charge on any atom is -0.231 e. The summed E-state index contributed by atoms with van der Waals surface area (Å²) >= 11 is 0. The van der Waals surface area contributed by atoms with Gasteiger partial charge in [-0.2, -0.15) is 5.10 Å². The van der Waals surface area contributed by atoms with Gasteiger partial charge in [-0.1, -0.05) is 18.2 Å². The van der Waals surface area contributed by atoms with Crippen molar-refractivity contribution in [3.05, 3.63) is 48.5 Å². The molecular formula is C11H7N3. The molecule has 3 nitrogen and oxygen atoms in total. The van der Waals surface area contributed by atoms with Crippen LogP contribution < -0.4 is 0 Å². The molecular weight excluding hydrogens is 174 g/mol. The SMILES string of the molecule is [C]1c2ccccc2N=C2C=CC=NN12. The molecule has 1 aromatic carbocycles. The molecule has 66 valence electrons. The summed E-state index contributed by atoms with van der Waals surface area (Å²) in [6.45, 7) is 3.15. The van der Waals surface area contributed by atoms with Crippen molar-refractivity contribution in [1.29, 1.82) is 0 Å². The van der Waals surface area contributed by atoms with Crippen molar-refractivity contribution in [2.75, 3.05) is 0 Å². The Morgan fingerprint density at radius 2 is 2.14 bits per heavy atom. The molecule has 0 N–H and O–H groups in total. The summed E-state index contributed by atoms with van der Waals surface area (Å²) in [6, 6.07) is 7.88. The molecule has 3 rings (SSSR count). The second-order valence-electron chi connectivity index (χ2n) is 3.03. The molecule has 0 atom stereocenters. The van der Waals surface area contributed by atoms with Crippen LogP contribution in [-0.4, -0.2) is 17.1 Å². The van der Waals surface area contributed by atoms with Crippen LogP contribution in [0.25, 0.3) is 0 Å². The minimum atomic E-state index is 0.811. The fraction of sp³-hybridized carbons (Fsp3) is 0. The van der Waals surface area contributed by atoms with Crippen molar-refractivity contribution >= 4 is 17.7 Å². The van der Waals surface area contributed by atoms with Gasteiger partial charge in [-0.15, -0.1) is 0 Å². The summed E-state index contributed by atoms with van der Waals surface area (Å²) in [5.74, 6) is 0.811. The van der Waals surface area contributed by atoms with Crippen molar-refractivity contribution in [2.45, 2.75) is 0 Å². The third-order valence-corrected chi connectivity index (χ3v) is 2.10. The normalized spacial score (nSPS) is 17.4. The van der Waals surface area contributed by atoms with Crippen LogP contribution in [0.4, 0.5) is 5.69 Å². The standard InChI is InChI=1S/C11H7N3/c1-2-5-10-9(4-1)8-14-11(13-10)6-3-7-12-14/h1-7H. The zero-order valence-corrected chi connectivity index (χ0v) is 7.38. The van der Waals surface area contributed by atoms with Crippen molar-refractivity contribution < 1.29 is 0 Å². The van der Waals surface area contributed by atoms with Crippen LogP contribution in [0.1, 0.15) is 5.56 Å². The van der Waals surface area contributed by atoms with Crippen molar-refractivity contribution in [3.8, 4) is 0 Å². The number of benzene rings is 1. The minimum absolute atomic E-state index is 0.811. The molecule has 3 heteroatoms. The number of nitrogens with zero attached hydrogens (tertiary/aromatic N) is 3. The summed E-state index contributed by atoms with van der Waals surface area (Å²) in [6.07, 6.45) is 5.50. The second-order valence-corrected chi connectivity index (χ2v) is 3.03. The Kier molecular flexibility index (Phi) is 1.50. The van der Waals surface area contributed by atoms with Gasteiger partial charge in [0, 0.05) is 11.8 Å². The van der Waals surface area contributed by atoms with Gasteiger partial charge in [0.15, 0.2) is 12.4 Å². The first-order valence-corrected chi connectivity index (χ1v) is 4.39. The van der Waals surface area contributed by atoms with Crippen molar-refractivity contribution in [1.82, 2.24) is 5.01 Å². The number of fused-ring (bicyclic) bond motifs is 2. The summed E-state index contributed by atoms with van der Waals surface area (Å²) in [5, 5.41) is 5.79. The number of aliphatic imine (C=N–C) groups is 1. The molecule has 2 aliphatic rings. The third kappa shape index (κ3) is 1.06. The molecule has 0 spiro atoms. The van der Waals surface area contributed by atoms with Gasteiger partial charge in [-0.25, -0.2) is 10.0 Å². The highest BCUT2D eigenvalue weighted by atomic mass is 15.5. The summed E-state index contributed by atoms with van der Waals surface area (Å²) in [5.41, 5.74) is 1.92. The van der Waals surface area contributed by atoms with E-state index in [9.17, 15) is 0 Å². The Labute approximate surface area is 82.1 Å². The van der Waals surface area contributed by atoms with Gasteiger partial charge in [-0.3, -0.25) is 0 Å². The maximum atomic E-state index is 4.45. The van der Waals surface area contributed by atoms with Crippen LogP contribution in [0.5, 0.6) is 0 Å². The summed E-state index contributed by atoms with van der Waals surface area (Å²) in [4.78, 5) is 4.45. The molecule has 2 radical (unpaired) electrons. The molecule has 0 saturated carbocycles. The Morgan fingerprint density at radius 1 is 1.21 bits per heavy atom. The lowest BCUT2D eigenvalue weighted by Gasteiger charge is -2.24. The topological polar surface area (TPSA) is 28.0 Å².